The lowest BCUT2D eigenvalue weighted by Gasteiger charge is -2.10. The van der Waals surface area contributed by atoms with Crippen LogP contribution in [-0.4, -0.2) is 11.0 Å². The smallest absolute Gasteiger partial charge is 0.307 e. The summed E-state index contributed by atoms with van der Waals surface area (Å²) in [5, 5.41) is 15.9. The van der Waals surface area contributed by atoms with Crippen molar-refractivity contribution in [3.05, 3.63) is 62.6 Å². The van der Waals surface area contributed by atoms with Crippen molar-refractivity contribution in [3.63, 3.8) is 0 Å². The second-order valence-electron chi connectivity index (χ2n) is 4.30. The summed E-state index contributed by atoms with van der Waals surface area (Å²) in [7, 11) is 0. The number of hydrogen-bond donors (Lipinski definition) is 2. The number of anilines is 2. The molecule has 0 heterocycles. The largest absolute Gasteiger partial charge is 0.323 e. The molecule has 2 N–H and O–H groups in total. The maximum absolute atomic E-state index is 11.9. The Labute approximate surface area is 129 Å². The molecular weight excluding hydrogens is 338 g/mol. The Hall–Kier alpha value is -2.41. The number of nitro benzene ring substituents is 1. The standard InChI is InChI=1S/C14H12BrN3O3/c1-9-12(15)6-3-7-13(9)17-14(19)16-10-4-2-5-11(8-10)18(20)21/h2-8H,1H3,(H2,16,17,19). The lowest BCUT2D eigenvalue weighted by Crippen LogP contribution is -2.20. The Kier molecular flexibility index (Phi) is 4.54. The van der Waals surface area contributed by atoms with Crippen LogP contribution in [0.15, 0.2) is 46.9 Å². The first-order valence-electron chi connectivity index (χ1n) is 6.05. The average Bonchev–Trinajstić information content (AvgIpc) is 2.44. The van der Waals surface area contributed by atoms with Crippen LogP contribution in [0.1, 0.15) is 5.56 Å². The summed E-state index contributed by atoms with van der Waals surface area (Å²) in [4.78, 5) is 22.1. The van der Waals surface area contributed by atoms with Crippen LogP contribution in [0.25, 0.3) is 0 Å². The minimum absolute atomic E-state index is 0.0774. The molecule has 0 radical (unpaired) electrons. The molecular formula is C14H12BrN3O3. The predicted molar refractivity (Wildman–Crippen MR) is 84.6 cm³/mol. The van der Waals surface area contributed by atoms with Crippen molar-refractivity contribution < 1.29 is 9.72 Å². The van der Waals surface area contributed by atoms with E-state index in [1.54, 1.807) is 18.2 Å². The Morgan fingerprint density at radius 3 is 2.62 bits per heavy atom. The van der Waals surface area contributed by atoms with E-state index in [0.717, 1.165) is 10.0 Å². The second-order valence-corrected chi connectivity index (χ2v) is 5.15. The normalized spacial score (nSPS) is 10.0. The number of hydrogen-bond acceptors (Lipinski definition) is 3. The first kappa shape index (κ1) is 15.0. The molecule has 0 aliphatic heterocycles. The molecule has 0 fully saturated rings. The van der Waals surface area contributed by atoms with Crippen molar-refractivity contribution in [2.45, 2.75) is 6.92 Å². The third kappa shape index (κ3) is 3.79. The number of rotatable bonds is 3. The van der Waals surface area contributed by atoms with Crippen molar-refractivity contribution >= 4 is 39.0 Å². The van der Waals surface area contributed by atoms with Crippen LogP contribution in [0.2, 0.25) is 0 Å². The predicted octanol–water partition coefficient (Wildman–Crippen LogP) is 4.31. The number of urea groups is 1. The minimum Gasteiger partial charge on any atom is -0.307 e. The van der Waals surface area contributed by atoms with Gasteiger partial charge in [0, 0.05) is 28.0 Å². The number of halogens is 1. The van der Waals surface area contributed by atoms with Gasteiger partial charge in [0.15, 0.2) is 0 Å². The SMILES string of the molecule is Cc1c(Br)cccc1NC(=O)Nc1cccc([N+](=O)[O-])c1. The van der Waals surface area contributed by atoms with Crippen molar-refractivity contribution in [3.8, 4) is 0 Å². The fourth-order valence-electron chi connectivity index (χ4n) is 1.72. The minimum atomic E-state index is -0.512. The maximum atomic E-state index is 11.9. The lowest BCUT2D eigenvalue weighted by molar-refractivity contribution is -0.384. The van der Waals surface area contributed by atoms with E-state index < -0.39 is 11.0 Å². The summed E-state index contributed by atoms with van der Waals surface area (Å²) in [6.07, 6.45) is 0. The van der Waals surface area contributed by atoms with E-state index in [9.17, 15) is 14.9 Å². The van der Waals surface area contributed by atoms with Gasteiger partial charge in [0.05, 0.1) is 4.92 Å². The zero-order valence-corrected chi connectivity index (χ0v) is 12.7. The van der Waals surface area contributed by atoms with Gasteiger partial charge >= 0.3 is 6.03 Å². The van der Waals surface area contributed by atoms with Gasteiger partial charge in [0.1, 0.15) is 0 Å². The number of nitrogens with one attached hydrogen (secondary N) is 2. The van der Waals surface area contributed by atoms with Gasteiger partial charge in [-0.15, -0.1) is 0 Å². The van der Waals surface area contributed by atoms with Crippen LogP contribution in [-0.2, 0) is 0 Å². The summed E-state index contributed by atoms with van der Waals surface area (Å²) in [6, 6.07) is 10.7. The second kappa shape index (κ2) is 6.36. The molecule has 2 aromatic rings. The summed E-state index contributed by atoms with van der Waals surface area (Å²) in [5.41, 5.74) is 1.83. The van der Waals surface area contributed by atoms with E-state index in [0.29, 0.717) is 11.4 Å². The highest BCUT2D eigenvalue weighted by molar-refractivity contribution is 9.10. The third-order valence-electron chi connectivity index (χ3n) is 2.83. The van der Waals surface area contributed by atoms with E-state index in [1.807, 2.05) is 13.0 Å². The molecule has 108 valence electrons. The summed E-state index contributed by atoms with van der Waals surface area (Å²) in [5.74, 6) is 0. The van der Waals surface area contributed by atoms with Crippen LogP contribution in [0.5, 0.6) is 0 Å². The van der Waals surface area contributed by atoms with E-state index in [1.165, 1.54) is 18.2 Å². The van der Waals surface area contributed by atoms with Crippen LogP contribution < -0.4 is 10.6 Å². The molecule has 2 aromatic carbocycles. The lowest BCUT2D eigenvalue weighted by atomic mass is 10.2. The topological polar surface area (TPSA) is 84.3 Å². The van der Waals surface area contributed by atoms with Crippen molar-refractivity contribution in [1.29, 1.82) is 0 Å². The van der Waals surface area contributed by atoms with Gasteiger partial charge in [-0.1, -0.05) is 28.1 Å². The quantitative estimate of drug-likeness (QED) is 0.639. The molecule has 21 heavy (non-hydrogen) atoms. The van der Waals surface area contributed by atoms with Crippen molar-refractivity contribution in [2.75, 3.05) is 10.6 Å². The Morgan fingerprint density at radius 2 is 1.90 bits per heavy atom. The summed E-state index contributed by atoms with van der Waals surface area (Å²) >= 11 is 3.38. The zero-order chi connectivity index (χ0) is 15.4. The maximum Gasteiger partial charge on any atom is 0.323 e. The van der Waals surface area contributed by atoms with Gasteiger partial charge in [-0.25, -0.2) is 4.79 Å². The number of benzene rings is 2. The molecule has 0 aliphatic carbocycles. The number of nitro groups is 1. The van der Waals surface area contributed by atoms with Gasteiger partial charge in [0.25, 0.3) is 5.69 Å². The highest BCUT2D eigenvalue weighted by atomic mass is 79.9. The number of nitrogens with zero attached hydrogens (tertiary/aromatic N) is 1. The number of non-ortho nitro benzene ring substituents is 1. The van der Waals surface area contributed by atoms with Crippen LogP contribution in [0.4, 0.5) is 21.9 Å². The van der Waals surface area contributed by atoms with Gasteiger partial charge in [-0.2, -0.15) is 0 Å². The first-order chi connectivity index (χ1) is 9.97. The summed E-state index contributed by atoms with van der Waals surface area (Å²) in [6.45, 7) is 1.87. The summed E-state index contributed by atoms with van der Waals surface area (Å²) < 4.78 is 0.885. The average molecular weight is 350 g/mol. The van der Waals surface area contributed by atoms with Crippen molar-refractivity contribution in [2.24, 2.45) is 0 Å². The van der Waals surface area contributed by atoms with E-state index in [2.05, 4.69) is 26.6 Å². The van der Waals surface area contributed by atoms with Crippen LogP contribution >= 0.6 is 15.9 Å². The van der Waals surface area contributed by atoms with E-state index in [-0.39, 0.29) is 5.69 Å². The zero-order valence-electron chi connectivity index (χ0n) is 11.1. The third-order valence-corrected chi connectivity index (χ3v) is 3.69. The Bertz CT molecular complexity index is 704. The number of amides is 2. The molecule has 0 aromatic heterocycles. The molecule has 2 amide bonds. The van der Waals surface area contributed by atoms with Gasteiger partial charge in [-0.05, 0) is 30.7 Å². The van der Waals surface area contributed by atoms with Crippen LogP contribution in [0, 0.1) is 17.0 Å². The highest BCUT2D eigenvalue weighted by Crippen LogP contribution is 2.24. The number of carbonyl (C=O) groups is 1. The van der Waals surface area contributed by atoms with Crippen LogP contribution in [0.3, 0.4) is 0 Å². The van der Waals surface area contributed by atoms with Gasteiger partial charge in [-0.3, -0.25) is 10.1 Å². The highest BCUT2D eigenvalue weighted by Gasteiger charge is 2.09. The van der Waals surface area contributed by atoms with E-state index in [4.69, 9.17) is 0 Å². The fraction of sp³-hybridized carbons (Fsp3) is 0.0714. The van der Waals surface area contributed by atoms with Gasteiger partial charge < -0.3 is 10.6 Å². The van der Waals surface area contributed by atoms with Crippen molar-refractivity contribution in [1.82, 2.24) is 0 Å². The molecule has 0 atom stereocenters. The number of carbonyl (C=O) groups excluding carboxylic acids is 1. The Balaban J connectivity index is 2.10. The molecule has 0 saturated heterocycles. The molecule has 0 spiro atoms. The molecule has 0 unspecified atom stereocenters. The first-order valence-corrected chi connectivity index (χ1v) is 6.84. The van der Waals surface area contributed by atoms with Gasteiger partial charge in [0.2, 0.25) is 0 Å². The molecule has 0 saturated carbocycles. The fourth-order valence-corrected chi connectivity index (χ4v) is 2.09. The Morgan fingerprint density at radius 1 is 1.19 bits per heavy atom. The molecule has 0 aliphatic rings. The molecule has 6 nitrogen and oxygen atoms in total. The molecule has 7 heteroatoms. The van der Waals surface area contributed by atoms with E-state index >= 15 is 0 Å². The molecule has 2 rings (SSSR count). The monoisotopic (exact) mass is 349 g/mol. The molecule has 0 bridgehead atoms.